The first-order valence-corrected chi connectivity index (χ1v) is 11.9. The van der Waals surface area contributed by atoms with Gasteiger partial charge in [0, 0.05) is 25.3 Å². The highest BCUT2D eigenvalue weighted by Crippen LogP contribution is 2.39. The van der Waals surface area contributed by atoms with Crippen LogP contribution in [0.5, 0.6) is 5.06 Å². The summed E-state index contributed by atoms with van der Waals surface area (Å²) in [6, 6.07) is 6.37. The first-order chi connectivity index (χ1) is 16.6. The summed E-state index contributed by atoms with van der Waals surface area (Å²) in [5.41, 5.74) is -3.11. The van der Waals surface area contributed by atoms with E-state index in [0.717, 1.165) is 32.2 Å². The Morgan fingerprint density at radius 2 is 1.97 bits per heavy atom. The zero-order valence-corrected chi connectivity index (χ0v) is 20.3. The fraction of sp³-hybridized carbons (Fsp3) is 0.381. The maximum atomic E-state index is 13.8. The van der Waals surface area contributed by atoms with Gasteiger partial charge in [-0.05, 0) is 46.3 Å². The quantitative estimate of drug-likeness (QED) is 0.560. The summed E-state index contributed by atoms with van der Waals surface area (Å²) in [4.78, 5) is 38.6. The highest BCUT2D eigenvalue weighted by molar-refractivity contribution is 9.11. The summed E-state index contributed by atoms with van der Waals surface area (Å²) < 4.78 is 57.7. The molecule has 1 unspecified atom stereocenters. The molecule has 2 saturated heterocycles. The monoisotopic (exact) mass is 577 g/mol. The number of nitrogens with zero attached hydrogens (tertiary/aromatic N) is 1. The molecule has 2 N–H and O–H groups in total. The van der Waals surface area contributed by atoms with Gasteiger partial charge in [-0.25, -0.2) is 4.79 Å². The standard InChI is InChI=1S/C21H19BrF3N3O6S/c22-15-3-4-17(35-15)34-19(31)27-20(5-7-33-11-20)18(30)26-12-1-2-14(13(9-12)21(23,24)25)28-6-8-32-10-16(28)29/h1-4,9H,5-8,10-11H2,(H,26,30)(H,27,31). The molecule has 2 aromatic rings. The van der Waals surface area contributed by atoms with Crippen molar-refractivity contribution in [3.8, 4) is 5.06 Å². The zero-order chi connectivity index (χ0) is 25.2. The fourth-order valence-corrected chi connectivity index (χ4v) is 4.86. The van der Waals surface area contributed by atoms with Crippen molar-refractivity contribution in [3.05, 3.63) is 39.7 Å². The van der Waals surface area contributed by atoms with Gasteiger partial charge in [0.05, 0.1) is 28.3 Å². The first-order valence-electron chi connectivity index (χ1n) is 10.3. The smallest absolute Gasteiger partial charge is 0.399 e. The van der Waals surface area contributed by atoms with E-state index >= 15 is 0 Å². The second kappa shape index (κ2) is 10.1. The maximum absolute atomic E-state index is 13.8. The van der Waals surface area contributed by atoms with Crippen molar-refractivity contribution >= 4 is 56.5 Å². The average molecular weight is 578 g/mol. The molecule has 3 amide bonds. The Balaban J connectivity index is 1.54. The number of carbonyl (C=O) groups is 3. The summed E-state index contributed by atoms with van der Waals surface area (Å²) in [7, 11) is 0. The summed E-state index contributed by atoms with van der Waals surface area (Å²) in [6.45, 7) is -0.268. The minimum Gasteiger partial charge on any atom is -0.399 e. The molecule has 2 aliphatic heterocycles. The molecule has 188 valence electrons. The number of rotatable bonds is 5. The third-order valence-electron chi connectivity index (χ3n) is 5.38. The maximum Gasteiger partial charge on any atom is 0.418 e. The van der Waals surface area contributed by atoms with Crippen molar-refractivity contribution in [2.45, 2.75) is 18.1 Å². The Kier molecular flexibility index (Phi) is 7.35. The number of thiophene rings is 1. The molecular formula is C21H19BrF3N3O6S. The molecule has 0 radical (unpaired) electrons. The number of amides is 3. The van der Waals surface area contributed by atoms with E-state index in [1.807, 2.05) is 0 Å². The average Bonchev–Trinajstić information content (AvgIpc) is 3.43. The van der Waals surface area contributed by atoms with Crippen molar-refractivity contribution in [1.29, 1.82) is 0 Å². The van der Waals surface area contributed by atoms with Crippen LogP contribution >= 0.6 is 27.3 Å². The number of hydrogen-bond acceptors (Lipinski definition) is 7. The van der Waals surface area contributed by atoms with Crippen LogP contribution in [-0.2, 0) is 25.2 Å². The van der Waals surface area contributed by atoms with E-state index in [-0.39, 0.29) is 55.8 Å². The van der Waals surface area contributed by atoms with E-state index in [1.54, 1.807) is 12.1 Å². The molecule has 35 heavy (non-hydrogen) atoms. The van der Waals surface area contributed by atoms with Crippen LogP contribution < -0.4 is 20.3 Å². The Morgan fingerprint density at radius 3 is 2.60 bits per heavy atom. The van der Waals surface area contributed by atoms with Crippen LogP contribution in [0.4, 0.5) is 29.3 Å². The van der Waals surface area contributed by atoms with Crippen LogP contribution in [0.25, 0.3) is 0 Å². The lowest BCUT2D eigenvalue weighted by Gasteiger charge is -2.30. The van der Waals surface area contributed by atoms with Crippen LogP contribution in [0.2, 0.25) is 0 Å². The van der Waals surface area contributed by atoms with Crippen LogP contribution in [0.1, 0.15) is 12.0 Å². The molecule has 1 atom stereocenters. The zero-order valence-electron chi connectivity index (χ0n) is 17.9. The molecule has 1 aromatic heterocycles. The van der Waals surface area contributed by atoms with E-state index in [4.69, 9.17) is 14.2 Å². The lowest BCUT2D eigenvalue weighted by molar-refractivity contribution is -0.137. The number of benzene rings is 1. The predicted octanol–water partition coefficient (Wildman–Crippen LogP) is 3.78. The number of hydrogen-bond donors (Lipinski definition) is 2. The third kappa shape index (κ3) is 5.77. The van der Waals surface area contributed by atoms with Crippen molar-refractivity contribution < 1.29 is 41.8 Å². The Hall–Kier alpha value is -2.68. The second-order valence-electron chi connectivity index (χ2n) is 7.74. The van der Waals surface area contributed by atoms with Gasteiger partial charge in [0.2, 0.25) is 0 Å². The number of alkyl halides is 3. The molecule has 0 bridgehead atoms. The molecule has 0 spiro atoms. The summed E-state index contributed by atoms with van der Waals surface area (Å²) in [6.07, 6.45) is -5.61. The van der Waals surface area contributed by atoms with Gasteiger partial charge in [0.15, 0.2) is 5.06 Å². The van der Waals surface area contributed by atoms with Gasteiger partial charge < -0.3 is 29.7 Å². The van der Waals surface area contributed by atoms with Crippen LogP contribution in [0, 0.1) is 0 Å². The predicted molar refractivity (Wildman–Crippen MR) is 123 cm³/mol. The van der Waals surface area contributed by atoms with Crippen molar-refractivity contribution in [2.24, 2.45) is 0 Å². The SMILES string of the molecule is O=C(NC1(C(=O)Nc2ccc(N3CCOCC3=O)c(C(F)(F)F)c2)CCOC1)Oc1ccc(Br)s1. The topological polar surface area (TPSA) is 106 Å². The number of morpholine rings is 1. The molecule has 0 saturated carbocycles. The molecule has 4 rings (SSSR count). The molecule has 0 aliphatic carbocycles. The molecule has 2 fully saturated rings. The number of halogens is 4. The van der Waals surface area contributed by atoms with Crippen molar-refractivity contribution in [1.82, 2.24) is 5.32 Å². The summed E-state index contributed by atoms with van der Waals surface area (Å²) in [5.74, 6) is -1.36. The number of anilines is 2. The molecule has 2 aliphatic rings. The van der Waals surface area contributed by atoms with Crippen molar-refractivity contribution in [2.75, 3.05) is 43.2 Å². The van der Waals surface area contributed by atoms with E-state index in [1.165, 1.54) is 6.07 Å². The Morgan fingerprint density at radius 1 is 1.17 bits per heavy atom. The molecule has 9 nitrogen and oxygen atoms in total. The van der Waals surface area contributed by atoms with Gasteiger partial charge >= 0.3 is 12.3 Å². The summed E-state index contributed by atoms with van der Waals surface area (Å²) in [5, 5.41) is 5.20. The van der Waals surface area contributed by atoms with Gasteiger partial charge in [-0.3, -0.25) is 9.59 Å². The third-order valence-corrected chi connectivity index (χ3v) is 6.88. The highest BCUT2D eigenvalue weighted by Gasteiger charge is 2.45. The molecule has 1 aromatic carbocycles. The largest absolute Gasteiger partial charge is 0.418 e. The van der Waals surface area contributed by atoms with Crippen LogP contribution in [0.3, 0.4) is 0 Å². The fourth-order valence-electron chi connectivity index (χ4n) is 3.66. The van der Waals surface area contributed by atoms with Crippen molar-refractivity contribution in [3.63, 3.8) is 0 Å². The van der Waals surface area contributed by atoms with Gasteiger partial charge in [-0.15, -0.1) is 0 Å². The minimum atomic E-state index is -4.79. The van der Waals surface area contributed by atoms with Crippen LogP contribution in [-0.4, -0.2) is 56.4 Å². The molecule has 14 heteroatoms. The normalized spacial score (nSPS) is 20.6. The minimum absolute atomic E-state index is 0.0269. The van der Waals surface area contributed by atoms with E-state index in [9.17, 15) is 27.6 Å². The van der Waals surface area contributed by atoms with Gasteiger partial charge in [-0.2, -0.15) is 13.2 Å². The van der Waals surface area contributed by atoms with E-state index < -0.39 is 35.2 Å². The van der Waals surface area contributed by atoms with Gasteiger partial charge in [0.25, 0.3) is 11.8 Å². The number of carbonyl (C=O) groups excluding carboxylic acids is 3. The van der Waals surface area contributed by atoms with Crippen LogP contribution in [0.15, 0.2) is 34.1 Å². The van der Waals surface area contributed by atoms with Gasteiger partial charge in [-0.1, -0.05) is 11.3 Å². The lowest BCUT2D eigenvalue weighted by Crippen LogP contribution is -2.58. The summed E-state index contributed by atoms with van der Waals surface area (Å²) >= 11 is 4.41. The lowest BCUT2D eigenvalue weighted by atomic mass is 9.97. The highest BCUT2D eigenvalue weighted by atomic mass is 79.9. The Bertz CT molecular complexity index is 1140. The molecular weight excluding hydrogens is 559 g/mol. The number of ether oxygens (including phenoxy) is 3. The second-order valence-corrected chi connectivity index (χ2v) is 10.2. The molecule has 3 heterocycles. The van der Waals surface area contributed by atoms with E-state index in [2.05, 4.69) is 26.6 Å². The van der Waals surface area contributed by atoms with Gasteiger partial charge in [0.1, 0.15) is 12.1 Å². The Labute approximate surface area is 209 Å². The van der Waals surface area contributed by atoms with E-state index in [0.29, 0.717) is 0 Å². The first kappa shape index (κ1) is 25.4. The number of nitrogens with one attached hydrogen (secondary N) is 2.